The number of nitrogens with zero attached hydrogens (tertiary/aromatic N) is 2. The van der Waals surface area contributed by atoms with E-state index in [1.807, 2.05) is 20.9 Å². The van der Waals surface area contributed by atoms with Crippen LogP contribution in [0.25, 0.3) is 6.08 Å². The fourth-order valence-electron chi connectivity index (χ4n) is 1.67. The molecule has 7 nitrogen and oxygen atoms in total. The summed E-state index contributed by atoms with van der Waals surface area (Å²) in [6.45, 7) is 3.56. The third-order valence-corrected chi connectivity index (χ3v) is 2.91. The number of amides is 1. The van der Waals surface area contributed by atoms with Crippen LogP contribution in [0.1, 0.15) is 17.0 Å². The predicted octanol–water partition coefficient (Wildman–Crippen LogP) is -0.300. The van der Waals surface area contributed by atoms with Crippen LogP contribution in [-0.2, 0) is 21.4 Å². The molecule has 0 radical (unpaired) electrons. The van der Waals surface area contributed by atoms with Crippen LogP contribution >= 0.6 is 0 Å². The molecule has 1 unspecified atom stereocenters. The van der Waals surface area contributed by atoms with Gasteiger partial charge in [-0.3, -0.25) is 9.48 Å². The molecule has 20 heavy (non-hydrogen) atoms. The maximum atomic E-state index is 11.6. The molecule has 0 aliphatic heterocycles. The lowest BCUT2D eigenvalue weighted by molar-refractivity contribution is -0.150. The van der Waals surface area contributed by atoms with Crippen molar-refractivity contribution in [1.82, 2.24) is 15.1 Å². The lowest BCUT2D eigenvalue weighted by Gasteiger charge is -2.07. The molecule has 0 aromatic carbocycles. The van der Waals surface area contributed by atoms with E-state index < -0.39 is 18.0 Å². The Kier molecular flexibility index (Phi) is 5.45. The normalized spacial score (nSPS) is 12.4. The molecule has 0 saturated carbocycles. The van der Waals surface area contributed by atoms with Crippen LogP contribution in [-0.4, -0.2) is 46.5 Å². The van der Waals surface area contributed by atoms with Gasteiger partial charge in [-0.2, -0.15) is 5.10 Å². The minimum absolute atomic E-state index is 0.194. The maximum absolute atomic E-state index is 11.6. The summed E-state index contributed by atoms with van der Waals surface area (Å²) in [6, 6.07) is 0. The molecule has 1 heterocycles. The van der Waals surface area contributed by atoms with Crippen molar-refractivity contribution in [2.75, 3.05) is 13.7 Å². The third kappa shape index (κ3) is 3.92. The lowest BCUT2D eigenvalue weighted by atomic mass is 10.2. The van der Waals surface area contributed by atoms with E-state index in [1.165, 1.54) is 13.2 Å². The van der Waals surface area contributed by atoms with E-state index in [0.29, 0.717) is 0 Å². The molecule has 2 N–H and O–H groups in total. The average Bonchev–Trinajstić information content (AvgIpc) is 2.66. The van der Waals surface area contributed by atoms with E-state index in [9.17, 15) is 14.7 Å². The second-order valence-electron chi connectivity index (χ2n) is 4.33. The summed E-state index contributed by atoms with van der Waals surface area (Å²) < 4.78 is 6.07. The highest BCUT2D eigenvalue weighted by Gasteiger charge is 2.15. The zero-order valence-electron chi connectivity index (χ0n) is 12.0. The first-order valence-electron chi connectivity index (χ1n) is 6.08. The monoisotopic (exact) mass is 281 g/mol. The van der Waals surface area contributed by atoms with Crippen LogP contribution in [0.2, 0.25) is 0 Å². The minimum atomic E-state index is -1.36. The number of hydrogen-bond donors (Lipinski definition) is 2. The number of aryl methyl sites for hydroxylation is 2. The highest BCUT2D eigenvalue weighted by atomic mass is 16.5. The van der Waals surface area contributed by atoms with Gasteiger partial charge in [0, 0.05) is 24.4 Å². The molecule has 0 aliphatic carbocycles. The molecule has 1 aromatic rings. The Hall–Kier alpha value is -2.15. The molecular weight excluding hydrogens is 262 g/mol. The topological polar surface area (TPSA) is 93.4 Å². The van der Waals surface area contributed by atoms with E-state index >= 15 is 0 Å². The number of aliphatic hydroxyl groups excluding tert-OH is 1. The molecule has 7 heteroatoms. The Labute approximate surface area is 117 Å². The fraction of sp³-hybridized carbons (Fsp3) is 0.462. The number of rotatable bonds is 5. The van der Waals surface area contributed by atoms with E-state index in [1.54, 1.807) is 10.8 Å². The average molecular weight is 281 g/mol. The Balaban J connectivity index is 2.58. The molecule has 1 amide bonds. The van der Waals surface area contributed by atoms with E-state index in [0.717, 1.165) is 17.0 Å². The van der Waals surface area contributed by atoms with Crippen molar-refractivity contribution in [2.45, 2.75) is 20.0 Å². The number of esters is 1. The zero-order chi connectivity index (χ0) is 15.3. The number of aliphatic hydroxyl groups is 1. The van der Waals surface area contributed by atoms with Gasteiger partial charge in [-0.1, -0.05) is 0 Å². The number of methoxy groups -OCH3 is 1. The van der Waals surface area contributed by atoms with Crippen molar-refractivity contribution in [3.05, 3.63) is 23.0 Å². The second-order valence-corrected chi connectivity index (χ2v) is 4.33. The molecule has 110 valence electrons. The molecule has 0 spiro atoms. The van der Waals surface area contributed by atoms with Crippen molar-refractivity contribution >= 4 is 18.0 Å². The smallest absolute Gasteiger partial charge is 0.336 e. The number of hydrogen-bond acceptors (Lipinski definition) is 5. The molecule has 1 rings (SSSR count). The van der Waals surface area contributed by atoms with Gasteiger partial charge >= 0.3 is 5.97 Å². The van der Waals surface area contributed by atoms with Crippen molar-refractivity contribution in [3.8, 4) is 0 Å². The Bertz CT molecular complexity index is 534. The van der Waals surface area contributed by atoms with E-state index in [2.05, 4.69) is 15.2 Å². The largest absolute Gasteiger partial charge is 0.467 e. The highest BCUT2D eigenvalue weighted by molar-refractivity contribution is 5.92. The second kappa shape index (κ2) is 6.85. The van der Waals surface area contributed by atoms with Crippen LogP contribution < -0.4 is 5.32 Å². The van der Waals surface area contributed by atoms with Gasteiger partial charge in [0.05, 0.1) is 19.3 Å². The summed E-state index contributed by atoms with van der Waals surface area (Å²) >= 11 is 0. The molecule has 0 fully saturated rings. The Morgan fingerprint density at radius 1 is 1.50 bits per heavy atom. The van der Waals surface area contributed by atoms with Crippen molar-refractivity contribution in [1.29, 1.82) is 0 Å². The summed E-state index contributed by atoms with van der Waals surface area (Å²) in [7, 11) is 2.99. The van der Waals surface area contributed by atoms with Crippen molar-refractivity contribution < 1.29 is 19.4 Å². The van der Waals surface area contributed by atoms with Gasteiger partial charge in [-0.25, -0.2) is 4.79 Å². The van der Waals surface area contributed by atoms with Crippen molar-refractivity contribution in [3.63, 3.8) is 0 Å². The summed E-state index contributed by atoms with van der Waals surface area (Å²) in [6.07, 6.45) is 1.62. The van der Waals surface area contributed by atoms with Crippen LogP contribution in [0, 0.1) is 13.8 Å². The highest BCUT2D eigenvalue weighted by Crippen LogP contribution is 2.13. The van der Waals surface area contributed by atoms with Crippen LogP contribution in [0.4, 0.5) is 0 Å². The predicted molar refractivity (Wildman–Crippen MR) is 72.7 cm³/mol. The van der Waals surface area contributed by atoms with Gasteiger partial charge in [-0.15, -0.1) is 0 Å². The number of carbonyl (C=O) groups is 2. The van der Waals surface area contributed by atoms with Crippen LogP contribution in [0.15, 0.2) is 6.08 Å². The number of nitrogens with one attached hydrogen (secondary N) is 1. The van der Waals surface area contributed by atoms with Gasteiger partial charge in [0.25, 0.3) is 0 Å². The zero-order valence-corrected chi connectivity index (χ0v) is 12.0. The molecule has 0 bridgehead atoms. The Morgan fingerprint density at radius 3 is 2.65 bits per heavy atom. The van der Waals surface area contributed by atoms with Crippen LogP contribution in [0.3, 0.4) is 0 Å². The van der Waals surface area contributed by atoms with Gasteiger partial charge in [0.1, 0.15) is 0 Å². The third-order valence-electron chi connectivity index (χ3n) is 2.91. The number of carbonyl (C=O) groups excluding carboxylic acids is 2. The fourth-order valence-corrected chi connectivity index (χ4v) is 1.67. The quantitative estimate of drug-likeness (QED) is 0.571. The summed E-state index contributed by atoms with van der Waals surface area (Å²) in [5, 5.41) is 16.0. The van der Waals surface area contributed by atoms with Crippen molar-refractivity contribution in [2.24, 2.45) is 7.05 Å². The van der Waals surface area contributed by atoms with Crippen LogP contribution in [0.5, 0.6) is 0 Å². The summed E-state index contributed by atoms with van der Waals surface area (Å²) in [5.74, 6) is -1.19. The molecule has 0 saturated heterocycles. The van der Waals surface area contributed by atoms with Gasteiger partial charge < -0.3 is 15.2 Å². The maximum Gasteiger partial charge on any atom is 0.336 e. The standard InChI is InChI=1S/C13H19N3O4/c1-8-10(9(2)16(3)15-8)5-6-12(18)14-7-11(17)13(19)20-4/h5-6,11,17H,7H2,1-4H3,(H,14,18)/b6-5+. The number of ether oxygens (including phenoxy) is 1. The summed E-state index contributed by atoms with van der Waals surface area (Å²) in [4.78, 5) is 22.5. The SMILES string of the molecule is COC(=O)C(O)CNC(=O)/C=C/c1c(C)nn(C)c1C. The Morgan fingerprint density at radius 2 is 2.15 bits per heavy atom. The minimum Gasteiger partial charge on any atom is -0.467 e. The molecular formula is C13H19N3O4. The number of aromatic nitrogens is 2. The lowest BCUT2D eigenvalue weighted by Crippen LogP contribution is -2.36. The summed E-state index contributed by atoms with van der Waals surface area (Å²) in [5.41, 5.74) is 2.64. The van der Waals surface area contributed by atoms with E-state index in [-0.39, 0.29) is 6.54 Å². The first kappa shape index (κ1) is 15.9. The van der Waals surface area contributed by atoms with E-state index in [4.69, 9.17) is 0 Å². The first-order valence-corrected chi connectivity index (χ1v) is 6.08. The van der Waals surface area contributed by atoms with Gasteiger partial charge in [0.15, 0.2) is 6.10 Å². The van der Waals surface area contributed by atoms with Gasteiger partial charge in [0.2, 0.25) is 5.91 Å². The molecule has 1 aromatic heterocycles. The molecule has 0 aliphatic rings. The van der Waals surface area contributed by atoms with Gasteiger partial charge in [-0.05, 0) is 19.9 Å². The first-order chi connectivity index (χ1) is 9.36. The molecule has 1 atom stereocenters.